The molecule has 1 heterocycles. The first-order valence-corrected chi connectivity index (χ1v) is 10.0. The van der Waals surface area contributed by atoms with Gasteiger partial charge in [0.05, 0.1) is 10.6 Å². The molecule has 28 heavy (non-hydrogen) atoms. The minimum Gasteiger partial charge on any atom is -0.260 e. The lowest BCUT2D eigenvalue weighted by Gasteiger charge is -2.30. The molecule has 8 heteroatoms. The number of hydrogen-bond donors (Lipinski definition) is 1. The maximum atomic E-state index is 12.8. The van der Waals surface area contributed by atoms with E-state index in [4.69, 9.17) is 0 Å². The summed E-state index contributed by atoms with van der Waals surface area (Å²) >= 11 is 0. The molecular formula is C20H19N3O4S. The number of nitro groups is 1. The van der Waals surface area contributed by atoms with Crippen molar-refractivity contribution in [2.75, 3.05) is 6.54 Å². The molecule has 1 aromatic heterocycles. The lowest BCUT2D eigenvalue weighted by molar-refractivity contribution is -0.387. The van der Waals surface area contributed by atoms with Crippen molar-refractivity contribution in [1.29, 1.82) is 0 Å². The topological polar surface area (TPSA) is 102 Å². The first-order valence-electron chi connectivity index (χ1n) is 8.55. The minimum absolute atomic E-state index is 0.0115. The second-order valence-electron chi connectivity index (χ2n) is 6.46. The van der Waals surface area contributed by atoms with Crippen LogP contribution in [0.2, 0.25) is 0 Å². The molecule has 0 fully saturated rings. The molecule has 0 aliphatic heterocycles. The Bertz CT molecular complexity index is 1030. The van der Waals surface area contributed by atoms with Gasteiger partial charge in [-0.1, -0.05) is 48.5 Å². The number of nitrogens with zero attached hydrogens (tertiary/aromatic N) is 2. The maximum absolute atomic E-state index is 12.8. The van der Waals surface area contributed by atoms with Crippen LogP contribution in [0.15, 0.2) is 83.9 Å². The molecule has 1 unspecified atom stereocenters. The number of benzene rings is 2. The molecule has 0 spiro atoms. The summed E-state index contributed by atoms with van der Waals surface area (Å²) in [4.78, 5) is 14.6. The Morgan fingerprint density at radius 2 is 1.64 bits per heavy atom. The third kappa shape index (κ3) is 3.92. The molecule has 2 aromatic carbocycles. The Labute approximate surface area is 163 Å². The highest BCUT2D eigenvalue weighted by atomic mass is 32.2. The normalized spacial score (nSPS) is 13.6. The van der Waals surface area contributed by atoms with Crippen molar-refractivity contribution < 1.29 is 13.3 Å². The van der Waals surface area contributed by atoms with Crippen LogP contribution in [0.5, 0.6) is 0 Å². The number of nitrogens with one attached hydrogen (secondary N) is 1. The number of sulfonamides is 1. The third-order valence-corrected chi connectivity index (χ3v) is 6.06. The highest BCUT2D eigenvalue weighted by molar-refractivity contribution is 7.89. The summed E-state index contributed by atoms with van der Waals surface area (Å²) in [6, 6.07) is 20.1. The largest absolute Gasteiger partial charge is 0.289 e. The van der Waals surface area contributed by atoms with Crippen LogP contribution in [0.4, 0.5) is 5.69 Å². The zero-order valence-corrected chi connectivity index (χ0v) is 16.0. The average molecular weight is 397 g/mol. The van der Waals surface area contributed by atoms with Gasteiger partial charge in [0.2, 0.25) is 10.0 Å². The van der Waals surface area contributed by atoms with Crippen LogP contribution in [0, 0.1) is 10.1 Å². The van der Waals surface area contributed by atoms with Gasteiger partial charge in [-0.2, -0.15) is 0 Å². The van der Waals surface area contributed by atoms with E-state index in [0.717, 1.165) is 5.56 Å². The average Bonchev–Trinajstić information content (AvgIpc) is 2.73. The second-order valence-corrected chi connectivity index (χ2v) is 8.20. The van der Waals surface area contributed by atoms with Crippen LogP contribution in [0.3, 0.4) is 0 Å². The van der Waals surface area contributed by atoms with E-state index in [2.05, 4.69) is 9.71 Å². The monoisotopic (exact) mass is 397 g/mol. The zero-order chi connectivity index (χ0) is 20.2. The van der Waals surface area contributed by atoms with Gasteiger partial charge in [-0.15, -0.1) is 0 Å². The van der Waals surface area contributed by atoms with Crippen LogP contribution in [-0.4, -0.2) is 24.9 Å². The van der Waals surface area contributed by atoms with Gasteiger partial charge < -0.3 is 0 Å². The van der Waals surface area contributed by atoms with Crippen LogP contribution in [0.1, 0.15) is 18.2 Å². The third-order valence-electron chi connectivity index (χ3n) is 4.61. The SMILES string of the molecule is CC(CNS(=O)(=O)c1ccccc1[N+](=O)[O-])(c1ccccc1)c1ccccn1. The van der Waals surface area contributed by atoms with Crippen LogP contribution < -0.4 is 4.72 Å². The highest BCUT2D eigenvalue weighted by Gasteiger charge is 2.33. The highest BCUT2D eigenvalue weighted by Crippen LogP contribution is 2.31. The smallest absolute Gasteiger partial charge is 0.260 e. The first-order chi connectivity index (χ1) is 13.3. The van der Waals surface area contributed by atoms with Crippen molar-refractivity contribution in [3.63, 3.8) is 0 Å². The van der Waals surface area contributed by atoms with Crippen LogP contribution in [0.25, 0.3) is 0 Å². The summed E-state index contributed by atoms with van der Waals surface area (Å²) in [5, 5.41) is 11.2. The standard InChI is InChI=1S/C20H19N3O4S/c1-20(16-9-3-2-4-10-16,19-13-7-8-14-21-19)15-22-28(26,27)18-12-6-5-11-17(18)23(24)25/h2-14,22H,15H2,1H3. The van der Waals surface area contributed by atoms with Crippen molar-refractivity contribution in [2.24, 2.45) is 0 Å². The molecule has 1 N–H and O–H groups in total. The molecule has 0 aliphatic carbocycles. The second kappa shape index (κ2) is 7.87. The van der Waals surface area contributed by atoms with Crippen molar-refractivity contribution >= 4 is 15.7 Å². The number of aromatic nitrogens is 1. The molecule has 0 saturated carbocycles. The van der Waals surface area contributed by atoms with Crippen molar-refractivity contribution in [1.82, 2.24) is 9.71 Å². The molecule has 1 atom stereocenters. The summed E-state index contributed by atoms with van der Waals surface area (Å²) in [6.45, 7) is 1.87. The van der Waals surface area contributed by atoms with Gasteiger partial charge in [0.25, 0.3) is 5.69 Å². The molecule has 0 aliphatic rings. The molecular weight excluding hydrogens is 378 g/mol. The number of hydrogen-bond acceptors (Lipinski definition) is 5. The van der Waals surface area contributed by atoms with Gasteiger partial charge >= 0.3 is 0 Å². The Hall–Kier alpha value is -3.10. The van der Waals surface area contributed by atoms with E-state index in [-0.39, 0.29) is 11.4 Å². The van der Waals surface area contributed by atoms with Crippen molar-refractivity contribution in [3.05, 3.63) is 100 Å². The number of pyridine rings is 1. The fourth-order valence-corrected chi connectivity index (χ4v) is 4.30. The Balaban J connectivity index is 1.99. The number of nitro benzene ring substituents is 1. The molecule has 3 rings (SSSR count). The summed E-state index contributed by atoms with van der Waals surface area (Å²) in [5.41, 5.74) is 0.332. The molecule has 0 radical (unpaired) electrons. The van der Waals surface area contributed by atoms with E-state index in [1.54, 1.807) is 12.3 Å². The fourth-order valence-electron chi connectivity index (χ4n) is 2.99. The predicted molar refractivity (Wildman–Crippen MR) is 105 cm³/mol. The predicted octanol–water partition coefficient (Wildman–Crippen LogP) is 3.27. The first kappa shape index (κ1) is 19.7. The molecule has 0 bridgehead atoms. The summed E-state index contributed by atoms with van der Waals surface area (Å²) in [7, 11) is -4.10. The van der Waals surface area contributed by atoms with Gasteiger partial charge in [0.15, 0.2) is 4.90 Å². The number of para-hydroxylation sites is 1. The van der Waals surface area contributed by atoms with Crippen LogP contribution in [-0.2, 0) is 15.4 Å². The van der Waals surface area contributed by atoms with E-state index in [0.29, 0.717) is 5.69 Å². The van der Waals surface area contributed by atoms with E-state index >= 15 is 0 Å². The van der Waals surface area contributed by atoms with Gasteiger partial charge in [-0.3, -0.25) is 15.1 Å². The lowest BCUT2D eigenvalue weighted by atomic mass is 9.79. The Kier molecular flexibility index (Phi) is 5.53. The fraction of sp³-hybridized carbons (Fsp3) is 0.150. The van der Waals surface area contributed by atoms with Gasteiger partial charge in [-0.05, 0) is 30.7 Å². The quantitative estimate of drug-likeness (QED) is 0.487. The maximum Gasteiger partial charge on any atom is 0.289 e. The summed E-state index contributed by atoms with van der Waals surface area (Å²) < 4.78 is 28.2. The molecule has 3 aromatic rings. The Morgan fingerprint density at radius 1 is 1.00 bits per heavy atom. The van der Waals surface area contributed by atoms with Crippen molar-refractivity contribution in [2.45, 2.75) is 17.2 Å². The van der Waals surface area contributed by atoms with Crippen molar-refractivity contribution in [3.8, 4) is 0 Å². The number of rotatable bonds is 7. The molecule has 144 valence electrons. The lowest BCUT2D eigenvalue weighted by Crippen LogP contribution is -2.40. The van der Waals surface area contributed by atoms with Gasteiger partial charge in [0.1, 0.15) is 0 Å². The van der Waals surface area contributed by atoms with Crippen LogP contribution >= 0.6 is 0 Å². The summed E-state index contributed by atoms with van der Waals surface area (Å²) in [5.74, 6) is 0. The van der Waals surface area contributed by atoms with E-state index < -0.39 is 26.0 Å². The van der Waals surface area contributed by atoms with Gasteiger partial charge in [0, 0.05) is 24.2 Å². The van der Waals surface area contributed by atoms with E-state index in [1.807, 2.05) is 49.4 Å². The summed E-state index contributed by atoms with van der Waals surface area (Å²) in [6.07, 6.45) is 1.65. The van der Waals surface area contributed by atoms with Gasteiger partial charge in [-0.25, -0.2) is 13.1 Å². The molecule has 0 saturated heterocycles. The zero-order valence-electron chi connectivity index (χ0n) is 15.1. The van der Waals surface area contributed by atoms with E-state index in [9.17, 15) is 18.5 Å². The Morgan fingerprint density at radius 3 is 2.29 bits per heavy atom. The molecule has 7 nitrogen and oxygen atoms in total. The van der Waals surface area contributed by atoms with E-state index in [1.165, 1.54) is 24.3 Å². The molecule has 0 amide bonds. The minimum atomic E-state index is -4.10.